The zero-order valence-electron chi connectivity index (χ0n) is 13.9. The molecule has 0 aliphatic rings. The molecule has 3 aromatic rings. The van der Waals surface area contributed by atoms with Crippen LogP contribution in [0.15, 0.2) is 41.9 Å². The highest BCUT2D eigenvalue weighted by Gasteiger charge is 2.14. The Labute approximate surface area is 144 Å². The van der Waals surface area contributed by atoms with E-state index in [0.29, 0.717) is 12.2 Å². The van der Waals surface area contributed by atoms with E-state index in [1.54, 1.807) is 18.4 Å². The summed E-state index contributed by atoms with van der Waals surface area (Å²) in [7, 11) is 3.50. The minimum absolute atomic E-state index is 0.105. The van der Waals surface area contributed by atoms with Gasteiger partial charge < -0.3 is 14.6 Å². The second kappa shape index (κ2) is 6.88. The predicted octanol–water partition coefficient (Wildman–Crippen LogP) is 3.40. The maximum absolute atomic E-state index is 12.4. The molecule has 0 atom stereocenters. The summed E-state index contributed by atoms with van der Waals surface area (Å²) in [5.41, 5.74) is 3.50. The molecule has 1 N–H and O–H groups in total. The summed E-state index contributed by atoms with van der Waals surface area (Å²) in [4.78, 5) is 16.9. The first-order valence-electron chi connectivity index (χ1n) is 7.57. The minimum Gasteiger partial charge on any atom is -0.497 e. The summed E-state index contributed by atoms with van der Waals surface area (Å²) >= 11 is 1.60. The maximum Gasteiger partial charge on any atom is 0.268 e. The lowest BCUT2D eigenvalue weighted by molar-refractivity contribution is 0.0943. The first-order valence-corrected chi connectivity index (χ1v) is 8.45. The van der Waals surface area contributed by atoms with Crippen LogP contribution in [0.3, 0.4) is 0 Å². The first-order chi connectivity index (χ1) is 11.6. The van der Waals surface area contributed by atoms with Crippen LogP contribution < -0.4 is 10.1 Å². The zero-order chi connectivity index (χ0) is 17.1. The molecule has 0 aliphatic heterocycles. The van der Waals surface area contributed by atoms with E-state index in [9.17, 15) is 4.79 Å². The topological polar surface area (TPSA) is 56.1 Å². The summed E-state index contributed by atoms with van der Waals surface area (Å²) < 4.78 is 6.96. The molecule has 0 saturated carbocycles. The van der Waals surface area contributed by atoms with Crippen LogP contribution in [0.4, 0.5) is 0 Å². The van der Waals surface area contributed by atoms with Gasteiger partial charge >= 0.3 is 0 Å². The van der Waals surface area contributed by atoms with E-state index in [-0.39, 0.29) is 5.91 Å². The fraction of sp³-hybridized carbons (Fsp3) is 0.222. The van der Waals surface area contributed by atoms with Crippen molar-refractivity contribution in [3.8, 4) is 17.0 Å². The number of aryl methyl sites for hydroxylation is 2. The Morgan fingerprint density at radius 3 is 2.71 bits per heavy atom. The molecule has 3 rings (SSSR count). The predicted molar refractivity (Wildman–Crippen MR) is 95.4 cm³/mol. The number of carbonyl (C=O) groups is 1. The molecule has 124 valence electrons. The van der Waals surface area contributed by atoms with Crippen LogP contribution in [0.1, 0.15) is 21.1 Å². The fourth-order valence-corrected chi connectivity index (χ4v) is 3.06. The second-order valence-electron chi connectivity index (χ2n) is 5.51. The zero-order valence-corrected chi connectivity index (χ0v) is 14.7. The molecule has 0 aliphatic carbocycles. The van der Waals surface area contributed by atoms with Gasteiger partial charge in [-0.1, -0.05) is 12.1 Å². The molecular weight excluding hydrogens is 322 g/mol. The third-order valence-corrected chi connectivity index (χ3v) is 4.54. The molecule has 0 bridgehead atoms. The van der Waals surface area contributed by atoms with E-state index in [2.05, 4.69) is 10.3 Å². The number of ether oxygens (including phenoxy) is 1. The number of aromatic nitrogens is 2. The SMILES string of the molecule is COc1ccc(CNC(=O)c2cc(-c3csc(C)n3)cn2C)cc1. The molecule has 0 saturated heterocycles. The van der Waals surface area contributed by atoms with Gasteiger partial charge in [0, 0.05) is 30.7 Å². The van der Waals surface area contributed by atoms with E-state index in [0.717, 1.165) is 27.6 Å². The van der Waals surface area contributed by atoms with Gasteiger partial charge in [0.1, 0.15) is 11.4 Å². The van der Waals surface area contributed by atoms with Crippen molar-refractivity contribution in [2.24, 2.45) is 7.05 Å². The van der Waals surface area contributed by atoms with Gasteiger partial charge in [-0.05, 0) is 30.7 Å². The number of thiazole rings is 1. The second-order valence-corrected chi connectivity index (χ2v) is 6.57. The Kier molecular flexibility index (Phi) is 4.66. The largest absolute Gasteiger partial charge is 0.497 e. The van der Waals surface area contributed by atoms with E-state index >= 15 is 0 Å². The van der Waals surface area contributed by atoms with E-state index in [1.165, 1.54) is 0 Å². The maximum atomic E-state index is 12.4. The van der Waals surface area contributed by atoms with Gasteiger partial charge in [-0.25, -0.2) is 4.98 Å². The van der Waals surface area contributed by atoms with Gasteiger partial charge in [-0.15, -0.1) is 11.3 Å². The summed E-state index contributed by atoms with van der Waals surface area (Å²) in [5, 5.41) is 5.96. The van der Waals surface area contributed by atoms with Crippen LogP contribution in [0.25, 0.3) is 11.3 Å². The number of hydrogen-bond acceptors (Lipinski definition) is 4. The van der Waals surface area contributed by atoms with Crippen LogP contribution in [0.2, 0.25) is 0 Å². The van der Waals surface area contributed by atoms with Crippen molar-refractivity contribution < 1.29 is 9.53 Å². The number of benzene rings is 1. The highest BCUT2D eigenvalue weighted by Crippen LogP contribution is 2.23. The Hall–Kier alpha value is -2.60. The summed E-state index contributed by atoms with van der Waals surface area (Å²) in [5.74, 6) is 0.697. The molecule has 2 heterocycles. The molecule has 6 heteroatoms. The van der Waals surface area contributed by atoms with E-state index in [4.69, 9.17) is 4.74 Å². The Balaban J connectivity index is 1.69. The Morgan fingerprint density at radius 1 is 1.33 bits per heavy atom. The van der Waals surface area contributed by atoms with Gasteiger partial charge in [0.2, 0.25) is 0 Å². The fourth-order valence-electron chi connectivity index (χ4n) is 2.44. The lowest BCUT2D eigenvalue weighted by atomic mass is 10.2. The van der Waals surface area contributed by atoms with Crippen molar-refractivity contribution in [3.63, 3.8) is 0 Å². The summed E-state index contributed by atoms with van der Waals surface area (Å²) in [6.45, 7) is 2.44. The molecule has 24 heavy (non-hydrogen) atoms. The van der Waals surface area contributed by atoms with Crippen molar-refractivity contribution in [3.05, 3.63) is 58.2 Å². The Bertz CT molecular complexity index is 850. The van der Waals surface area contributed by atoms with Crippen LogP contribution in [0, 0.1) is 6.92 Å². The lowest BCUT2D eigenvalue weighted by Gasteiger charge is -2.07. The third-order valence-electron chi connectivity index (χ3n) is 3.76. The van der Waals surface area contributed by atoms with E-state index < -0.39 is 0 Å². The Morgan fingerprint density at radius 2 is 2.08 bits per heavy atom. The van der Waals surface area contributed by atoms with Gasteiger partial charge in [-0.3, -0.25) is 4.79 Å². The average Bonchev–Trinajstić information content (AvgIpc) is 3.19. The molecule has 0 fully saturated rings. The molecular formula is C18H19N3O2S. The number of methoxy groups -OCH3 is 1. The molecule has 0 spiro atoms. The van der Waals surface area contributed by atoms with Crippen LogP contribution in [-0.2, 0) is 13.6 Å². The van der Waals surface area contributed by atoms with Crippen molar-refractivity contribution >= 4 is 17.2 Å². The average molecular weight is 341 g/mol. The highest BCUT2D eigenvalue weighted by atomic mass is 32.1. The van der Waals surface area contributed by atoms with Gasteiger partial charge in [0.25, 0.3) is 5.91 Å². The smallest absolute Gasteiger partial charge is 0.268 e. The number of nitrogens with zero attached hydrogens (tertiary/aromatic N) is 2. The molecule has 5 nitrogen and oxygen atoms in total. The van der Waals surface area contributed by atoms with Crippen LogP contribution in [-0.4, -0.2) is 22.6 Å². The van der Waals surface area contributed by atoms with Gasteiger partial charge in [0.15, 0.2) is 0 Å². The van der Waals surface area contributed by atoms with Gasteiger partial charge in [0.05, 0.1) is 17.8 Å². The van der Waals surface area contributed by atoms with Crippen molar-refractivity contribution in [1.82, 2.24) is 14.9 Å². The first kappa shape index (κ1) is 16.3. The third kappa shape index (κ3) is 3.49. The van der Waals surface area contributed by atoms with Gasteiger partial charge in [-0.2, -0.15) is 0 Å². The monoisotopic (exact) mass is 341 g/mol. The number of hydrogen-bond donors (Lipinski definition) is 1. The normalized spacial score (nSPS) is 10.6. The van der Waals surface area contributed by atoms with Crippen molar-refractivity contribution in [1.29, 1.82) is 0 Å². The molecule has 0 radical (unpaired) electrons. The number of amides is 1. The minimum atomic E-state index is -0.105. The molecule has 0 unspecified atom stereocenters. The number of rotatable bonds is 5. The van der Waals surface area contributed by atoms with Crippen molar-refractivity contribution in [2.75, 3.05) is 7.11 Å². The molecule has 1 amide bonds. The van der Waals surface area contributed by atoms with Crippen LogP contribution in [0.5, 0.6) is 5.75 Å². The van der Waals surface area contributed by atoms with Crippen LogP contribution >= 0.6 is 11.3 Å². The quantitative estimate of drug-likeness (QED) is 0.774. The number of carbonyl (C=O) groups excluding carboxylic acids is 1. The summed E-state index contributed by atoms with van der Waals surface area (Å²) in [6.07, 6.45) is 1.93. The highest BCUT2D eigenvalue weighted by molar-refractivity contribution is 7.09. The standard InChI is InChI=1S/C18H19N3O2S/c1-12-20-16(11-24-12)14-8-17(21(2)10-14)18(22)19-9-13-4-6-15(23-3)7-5-13/h4-8,10-11H,9H2,1-3H3,(H,19,22). The lowest BCUT2D eigenvalue weighted by Crippen LogP contribution is -2.24. The molecule has 2 aromatic heterocycles. The van der Waals surface area contributed by atoms with Crippen molar-refractivity contribution in [2.45, 2.75) is 13.5 Å². The number of nitrogens with one attached hydrogen (secondary N) is 1. The van der Waals surface area contributed by atoms with E-state index in [1.807, 2.05) is 60.4 Å². The molecule has 1 aromatic carbocycles. The summed E-state index contributed by atoms with van der Waals surface area (Å²) in [6, 6.07) is 9.51.